The number of amides is 3. The van der Waals surface area contributed by atoms with Crippen LogP contribution in [-0.4, -0.2) is 41.5 Å². The van der Waals surface area contributed by atoms with Crippen LogP contribution in [0.3, 0.4) is 0 Å². The quantitative estimate of drug-likeness (QED) is 0.143. The van der Waals surface area contributed by atoms with Crippen LogP contribution in [0.25, 0.3) is 32.3 Å². The minimum atomic E-state index is -0.303. The minimum absolute atomic E-state index is 0.0253. The van der Waals surface area contributed by atoms with Crippen LogP contribution in [0.15, 0.2) is 84.4 Å². The van der Waals surface area contributed by atoms with E-state index < -0.39 is 0 Å². The van der Waals surface area contributed by atoms with E-state index >= 15 is 0 Å². The van der Waals surface area contributed by atoms with Gasteiger partial charge in [-0.1, -0.05) is 42.8 Å². The molecule has 3 heterocycles. The van der Waals surface area contributed by atoms with Crippen LogP contribution in [0, 0.1) is 6.92 Å². The fourth-order valence-corrected chi connectivity index (χ4v) is 6.79. The first-order chi connectivity index (χ1) is 21.4. The van der Waals surface area contributed by atoms with Gasteiger partial charge in [0.05, 0.1) is 0 Å². The number of anilines is 4. The molecule has 0 radical (unpaired) electrons. The van der Waals surface area contributed by atoms with E-state index in [4.69, 9.17) is 5.73 Å². The topological polar surface area (TPSA) is 112 Å². The van der Waals surface area contributed by atoms with Gasteiger partial charge in [-0.15, -0.1) is 11.3 Å². The van der Waals surface area contributed by atoms with Gasteiger partial charge in [0, 0.05) is 57.4 Å². The Hall–Kier alpha value is -4.73. The summed E-state index contributed by atoms with van der Waals surface area (Å²) in [6.07, 6.45) is 6.00. The van der Waals surface area contributed by atoms with Gasteiger partial charge in [-0.25, -0.2) is 9.78 Å². The van der Waals surface area contributed by atoms with Crippen molar-refractivity contribution in [1.29, 1.82) is 0 Å². The molecule has 1 saturated heterocycles. The van der Waals surface area contributed by atoms with Crippen LogP contribution >= 0.6 is 11.3 Å². The van der Waals surface area contributed by atoms with Gasteiger partial charge in [-0.2, -0.15) is 0 Å². The van der Waals surface area contributed by atoms with E-state index in [1.54, 1.807) is 17.5 Å². The van der Waals surface area contributed by atoms with Crippen LogP contribution in [0.4, 0.5) is 27.7 Å². The SMILES string of the molecule is Cc1cccc(NC(=O)Nc2ccc(-c3csc4c(-c5cccc(NC(=O)CCN6CCCCC6)c5)cnc(N)c34)cc2)c1. The minimum Gasteiger partial charge on any atom is -0.383 e. The van der Waals surface area contributed by atoms with Gasteiger partial charge in [-0.3, -0.25) is 4.79 Å². The van der Waals surface area contributed by atoms with Crippen molar-refractivity contribution in [3.05, 3.63) is 89.9 Å². The third-order valence-corrected chi connectivity index (χ3v) is 8.93. The zero-order valence-electron chi connectivity index (χ0n) is 24.7. The number of nitrogens with two attached hydrogens (primary N) is 1. The summed E-state index contributed by atoms with van der Waals surface area (Å²) in [7, 11) is 0. The average molecular weight is 605 g/mol. The zero-order chi connectivity index (χ0) is 30.5. The third-order valence-electron chi connectivity index (χ3n) is 7.92. The summed E-state index contributed by atoms with van der Waals surface area (Å²) in [5, 5.41) is 11.8. The van der Waals surface area contributed by atoms with Crippen LogP contribution in [0.2, 0.25) is 0 Å². The van der Waals surface area contributed by atoms with Gasteiger partial charge < -0.3 is 26.6 Å². The number of hydrogen-bond donors (Lipinski definition) is 4. The van der Waals surface area contributed by atoms with Gasteiger partial charge in [-0.05, 0) is 91.3 Å². The number of thiophene rings is 1. The van der Waals surface area contributed by atoms with Crippen molar-refractivity contribution in [3.63, 3.8) is 0 Å². The molecule has 6 rings (SSSR count). The number of nitrogen functional groups attached to an aromatic ring is 1. The van der Waals surface area contributed by atoms with Gasteiger partial charge in [0.1, 0.15) is 5.82 Å². The molecule has 1 fully saturated rings. The highest BCUT2D eigenvalue weighted by molar-refractivity contribution is 7.18. The van der Waals surface area contributed by atoms with E-state index in [0.717, 1.165) is 68.9 Å². The summed E-state index contributed by atoms with van der Waals surface area (Å²) in [4.78, 5) is 32.1. The summed E-state index contributed by atoms with van der Waals surface area (Å²) in [5.41, 5.74) is 13.6. The molecule has 224 valence electrons. The lowest BCUT2D eigenvalue weighted by Gasteiger charge is -2.25. The Morgan fingerprint density at radius 2 is 1.57 bits per heavy atom. The smallest absolute Gasteiger partial charge is 0.323 e. The monoisotopic (exact) mass is 604 g/mol. The van der Waals surface area contributed by atoms with Crippen molar-refractivity contribution in [2.75, 3.05) is 41.3 Å². The van der Waals surface area contributed by atoms with Crippen molar-refractivity contribution in [3.8, 4) is 22.3 Å². The second-order valence-electron chi connectivity index (χ2n) is 11.2. The summed E-state index contributed by atoms with van der Waals surface area (Å²) in [5.74, 6) is 0.485. The summed E-state index contributed by atoms with van der Waals surface area (Å²) >= 11 is 1.61. The Morgan fingerprint density at radius 1 is 0.841 bits per heavy atom. The number of aryl methyl sites for hydroxylation is 1. The van der Waals surface area contributed by atoms with Crippen molar-refractivity contribution in [2.24, 2.45) is 0 Å². The number of urea groups is 1. The van der Waals surface area contributed by atoms with E-state index in [-0.39, 0.29) is 11.9 Å². The molecular weight excluding hydrogens is 568 g/mol. The van der Waals surface area contributed by atoms with Gasteiger partial charge >= 0.3 is 6.03 Å². The molecule has 0 bridgehead atoms. The summed E-state index contributed by atoms with van der Waals surface area (Å²) in [6, 6.07) is 22.9. The first-order valence-electron chi connectivity index (χ1n) is 15.0. The maximum Gasteiger partial charge on any atom is 0.323 e. The number of benzene rings is 3. The van der Waals surface area contributed by atoms with Gasteiger partial charge in [0.15, 0.2) is 0 Å². The lowest BCUT2D eigenvalue weighted by atomic mass is 10.0. The molecule has 8 nitrogen and oxygen atoms in total. The molecule has 3 aromatic carbocycles. The Bertz CT molecular complexity index is 1790. The molecule has 0 spiro atoms. The molecule has 0 unspecified atom stereocenters. The number of fused-ring (bicyclic) bond motifs is 1. The largest absolute Gasteiger partial charge is 0.383 e. The summed E-state index contributed by atoms with van der Waals surface area (Å²) < 4.78 is 1.03. The molecule has 5 aromatic rings. The lowest BCUT2D eigenvalue weighted by Crippen LogP contribution is -2.32. The van der Waals surface area contributed by atoms with Crippen LogP contribution < -0.4 is 21.7 Å². The highest BCUT2D eigenvalue weighted by Gasteiger charge is 2.17. The maximum atomic E-state index is 12.7. The van der Waals surface area contributed by atoms with Crippen LogP contribution in [0.1, 0.15) is 31.2 Å². The Morgan fingerprint density at radius 3 is 2.34 bits per heavy atom. The number of nitrogens with zero attached hydrogens (tertiary/aromatic N) is 2. The number of hydrogen-bond acceptors (Lipinski definition) is 6. The highest BCUT2D eigenvalue weighted by atomic mass is 32.1. The molecular formula is C35H36N6O2S. The van der Waals surface area contributed by atoms with E-state index in [0.29, 0.717) is 17.9 Å². The molecule has 1 aliphatic heterocycles. The Labute approximate surface area is 261 Å². The number of piperidine rings is 1. The molecule has 0 aliphatic carbocycles. The number of likely N-dealkylation sites (tertiary alicyclic amines) is 1. The standard InChI is InChI=1S/C35H36N6O2S/c1-23-7-5-9-27(19-23)40-35(43)39-26-13-11-24(12-14-26)30-22-44-33-29(21-37-34(36)32(30)33)25-8-6-10-28(20-25)38-31(42)15-18-41-16-3-2-4-17-41/h5-14,19-22H,2-4,15-18H2,1H3,(H2,36,37)(H,38,42)(H2,39,40,43). The van der Waals surface area contributed by atoms with E-state index in [1.165, 1.54) is 19.3 Å². The fraction of sp³-hybridized carbons (Fsp3) is 0.229. The van der Waals surface area contributed by atoms with Crippen molar-refractivity contribution in [1.82, 2.24) is 9.88 Å². The second kappa shape index (κ2) is 13.3. The molecule has 44 heavy (non-hydrogen) atoms. The maximum absolute atomic E-state index is 12.7. The van der Waals surface area contributed by atoms with Crippen LogP contribution in [0.5, 0.6) is 0 Å². The predicted molar refractivity (Wildman–Crippen MR) is 182 cm³/mol. The number of aromatic nitrogens is 1. The molecule has 5 N–H and O–H groups in total. The number of rotatable bonds is 8. The lowest BCUT2D eigenvalue weighted by molar-refractivity contribution is -0.116. The van der Waals surface area contributed by atoms with Crippen molar-refractivity contribution >= 4 is 56.2 Å². The van der Waals surface area contributed by atoms with E-state index in [9.17, 15) is 9.59 Å². The highest BCUT2D eigenvalue weighted by Crippen LogP contribution is 2.42. The number of carbonyl (C=O) groups is 2. The first kappa shape index (κ1) is 29.3. The van der Waals surface area contributed by atoms with Crippen molar-refractivity contribution < 1.29 is 9.59 Å². The van der Waals surface area contributed by atoms with E-state index in [2.05, 4.69) is 31.2 Å². The Kier molecular flexibility index (Phi) is 8.86. The normalized spacial score (nSPS) is 13.5. The molecule has 0 saturated carbocycles. The molecule has 3 amide bonds. The van der Waals surface area contributed by atoms with Crippen LogP contribution in [-0.2, 0) is 4.79 Å². The van der Waals surface area contributed by atoms with Crippen molar-refractivity contribution in [2.45, 2.75) is 32.6 Å². The van der Waals surface area contributed by atoms with E-state index in [1.807, 2.05) is 79.7 Å². The average Bonchev–Trinajstić information content (AvgIpc) is 3.47. The Balaban J connectivity index is 1.17. The first-order valence-corrected chi connectivity index (χ1v) is 15.8. The van der Waals surface area contributed by atoms with Gasteiger partial charge in [0.2, 0.25) is 5.91 Å². The molecule has 1 aliphatic rings. The van der Waals surface area contributed by atoms with Gasteiger partial charge in [0.25, 0.3) is 0 Å². The second-order valence-corrected chi connectivity index (χ2v) is 12.1. The number of nitrogens with one attached hydrogen (secondary N) is 3. The number of pyridine rings is 1. The number of carbonyl (C=O) groups excluding carboxylic acids is 2. The summed E-state index contributed by atoms with van der Waals surface area (Å²) in [6.45, 7) is 4.94. The molecule has 2 aromatic heterocycles. The zero-order valence-corrected chi connectivity index (χ0v) is 25.5. The third kappa shape index (κ3) is 6.90. The fourth-order valence-electron chi connectivity index (χ4n) is 5.67. The molecule has 0 atom stereocenters. The predicted octanol–water partition coefficient (Wildman–Crippen LogP) is 7.98. The molecule has 9 heteroatoms.